The summed E-state index contributed by atoms with van der Waals surface area (Å²) < 4.78 is 5.92. The first-order valence-electron chi connectivity index (χ1n) is 7.18. The number of hydrogen-bond donors (Lipinski definition) is 0. The Bertz CT molecular complexity index is 633. The molecule has 20 heavy (non-hydrogen) atoms. The van der Waals surface area contributed by atoms with E-state index in [9.17, 15) is 0 Å². The lowest BCUT2D eigenvalue weighted by Gasteiger charge is -2.33. The minimum absolute atomic E-state index is 0.377. The SMILES string of the molecule is ClCc1cnc(N2CC3CCC(C2)O3)c2ccccc12. The van der Waals surface area contributed by atoms with Gasteiger partial charge in [0.05, 0.1) is 12.2 Å². The lowest BCUT2D eigenvalue weighted by molar-refractivity contribution is 0.0303. The van der Waals surface area contributed by atoms with Crippen LogP contribution in [-0.4, -0.2) is 30.3 Å². The number of halogens is 1. The highest BCUT2D eigenvalue weighted by molar-refractivity contribution is 6.18. The maximum absolute atomic E-state index is 6.03. The average Bonchev–Trinajstić information content (AvgIpc) is 2.84. The summed E-state index contributed by atoms with van der Waals surface area (Å²) in [5, 5.41) is 2.42. The molecule has 2 fully saturated rings. The molecule has 4 heteroatoms. The van der Waals surface area contributed by atoms with E-state index in [0.717, 1.165) is 24.5 Å². The quantitative estimate of drug-likeness (QED) is 0.793. The minimum Gasteiger partial charge on any atom is -0.371 e. The smallest absolute Gasteiger partial charge is 0.136 e. The number of aromatic nitrogens is 1. The second kappa shape index (κ2) is 4.90. The monoisotopic (exact) mass is 288 g/mol. The number of benzene rings is 1. The molecular weight excluding hydrogens is 272 g/mol. The van der Waals surface area contributed by atoms with Crippen molar-refractivity contribution < 1.29 is 4.74 Å². The third-order valence-corrected chi connectivity index (χ3v) is 4.63. The Morgan fingerprint density at radius 3 is 2.55 bits per heavy atom. The molecule has 1 aromatic heterocycles. The van der Waals surface area contributed by atoms with Gasteiger partial charge < -0.3 is 9.64 Å². The van der Waals surface area contributed by atoms with Gasteiger partial charge in [-0.1, -0.05) is 24.3 Å². The zero-order valence-corrected chi connectivity index (χ0v) is 12.0. The topological polar surface area (TPSA) is 25.4 Å². The highest BCUT2D eigenvalue weighted by atomic mass is 35.5. The van der Waals surface area contributed by atoms with E-state index in [1.54, 1.807) is 0 Å². The van der Waals surface area contributed by atoms with Gasteiger partial charge in [-0.3, -0.25) is 0 Å². The van der Waals surface area contributed by atoms with E-state index in [-0.39, 0.29) is 0 Å². The molecule has 2 atom stereocenters. The van der Waals surface area contributed by atoms with Crippen LogP contribution in [0.3, 0.4) is 0 Å². The normalized spacial score (nSPS) is 25.4. The van der Waals surface area contributed by atoms with Crippen LogP contribution >= 0.6 is 11.6 Å². The Hall–Kier alpha value is -1.32. The Balaban J connectivity index is 1.80. The van der Waals surface area contributed by atoms with Crippen LogP contribution in [0.25, 0.3) is 10.8 Å². The van der Waals surface area contributed by atoms with Crippen LogP contribution in [0.4, 0.5) is 5.82 Å². The fraction of sp³-hybridized carbons (Fsp3) is 0.438. The van der Waals surface area contributed by atoms with E-state index in [0.29, 0.717) is 18.1 Å². The van der Waals surface area contributed by atoms with Crippen molar-refractivity contribution in [1.82, 2.24) is 4.98 Å². The number of alkyl halides is 1. The predicted molar refractivity (Wildman–Crippen MR) is 81.4 cm³/mol. The van der Waals surface area contributed by atoms with Gasteiger partial charge in [-0.15, -0.1) is 11.6 Å². The fourth-order valence-corrected chi connectivity index (χ4v) is 3.60. The Morgan fingerprint density at radius 2 is 1.85 bits per heavy atom. The van der Waals surface area contributed by atoms with Crippen LogP contribution in [0.5, 0.6) is 0 Å². The van der Waals surface area contributed by atoms with Gasteiger partial charge in [0, 0.05) is 30.6 Å². The van der Waals surface area contributed by atoms with Gasteiger partial charge in [0.1, 0.15) is 5.82 Å². The zero-order valence-electron chi connectivity index (χ0n) is 11.3. The molecule has 0 aliphatic carbocycles. The summed E-state index contributed by atoms with van der Waals surface area (Å²) in [6.07, 6.45) is 5.03. The molecule has 3 heterocycles. The minimum atomic E-state index is 0.377. The van der Waals surface area contributed by atoms with Gasteiger partial charge >= 0.3 is 0 Å². The summed E-state index contributed by atoms with van der Waals surface area (Å²) in [6.45, 7) is 1.90. The van der Waals surface area contributed by atoms with Crippen molar-refractivity contribution in [2.75, 3.05) is 18.0 Å². The number of rotatable bonds is 2. The summed E-state index contributed by atoms with van der Waals surface area (Å²) in [5.41, 5.74) is 1.10. The van der Waals surface area contributed by atoms with Crippen molar-refractivity contribution in [3.8, 4) is 0 Å². The molecule has 2 aromatic rings. The number of pyridine rings is 1. The molecule has 2 aliphatic rings. The molecule has 0 amide bonds. The van der Waals surface area contributed by atoms with Crippen LogP contribution in [0.1, 0.15) is 18.4 Å². The molecule has 0 radical (unpaired) electrons. The van der Waals surface area contributed by atoms with Gasteiger partial charge in [0.15, 0.2) is 0 Å². The third kappa shape index (κ3) is 1.97. The number of nitrogens with zero attached hydrogens (tertiary/aromatic N) is 2. The van der Waals surface area contributed by atoms with E-state index in [4.69, 9.17) is 16.3 Å². The Morgan fingerprint density at radius 1 is 1.15 bits per heavy atom. The van der Waals surface area contributed by atoms with Crippen LogP contribution in [0, 0.1) is 0 Å². The summed E-state index contributed by atoms with van der Waals surface area (Å²) in [6, 6.07) is 8.41. The summed E-state index contributed by atoms with van der Waals surface area (Å²) in [5.74, 6) is 1.58. The molecule has 1 aromatic carbocycles. The first-order chi connectivity index (χ1) is 9.85. The zero-order chi connectivity index (χ0) is 13.5. The summed E-state index contributed by atoms with van der Waals surface area (Å²) in [7, 11) is 0. The van der Waals surface area contributed by atoms with Crippen LogP contribution < -0.4 is 4.90 Å². The first kappa shape index (κ1) is 12.4. The maximum Gasteiger partial charge on any atom is 0.136 e. The average molecular weight is 289 g/mol. The number of hydrogen-bond acceptors (Lipinski definition) is 3. The van der Waals surface area contributed by atoms with Crippen molar-refractivity contribution in [3.05, 3.63) is 36.0 Å². The van der Waals surface area contributed by atoms with Gasteiger partial charge in [0.25, 0.3) is 0 Å². The summed E-state index contributed by atoms with van der Waals surface area (Å²) in [4.78, 5) is 7.07. The van der Waals surface area contributed by atoms with Gasteiger partial charge in [0.2, 0.25) is 0 Å². The second-order valence-corrected chi connectivity index (χ2v) is 5.92. The van der Waals surface area contributed by atoms with E-state index in [2.05, 4.69) is 34.1 Å². The molecule has 0 saturated carbocycles. The molecule has 104 valence electrons. The second-order valence-electron chi connectivity index (χ2n) is 5.65. The van der Waals surface area contributed by atoms with Crippen LogP contribution in [-0.2, 0) is 10.6 Å². The molecular formula is C16H17ClN2O. The molecule has 4 rings (SSSR count). The largest absolute Gasteiger partial charge is 0.371 e. The van der Waals surface area contributed by atoms with Crippen molar-refractivity contribution >= 4 is 28.2 Å². The first-order valence-corrected chi connectivity index (χ1v) is 7.71. The molecule has 2 saturated heterocycles. The number of anilines is 1. The van der Waals surface area contributed by atoms with Crippen molar-refractivity contribution in [1.29, 1.82) is 0 Å². The number of fused-ring (bicyclic) bond motifs is 3. The number of ether oxygens (including phenoxy) is 1. The van der Waals surface area contributed by atoms with Crippen molar-refractivity contribution in [3.63, 3.8) is 0 Å². The van der Waals surface area contributed by atoms with E-state index in [1.807, 2.05) is 6.20 Å². The lowest BCUT2D eigenvalue weighted by Crippen LogP contribution is -2.43. The standard InChI is InChI=1S/C16H17ClN2O/c17-7-11-8-18-16(15-4-2-1-3-14(11)15)19-9-12-5-6-13(10-19)20-12/h1-4,8,12-13H,5-7,9-10H2. The van der Waals surface area contributed by atoms with E-state index < -0.39 is 0 Å². The molecule has 3 nitrogen and oxygen atoms in total. The molecule has 2 aliphatic heterocycles. The fourth-order valence-electron chi connectivity index (χ4n) is 3.38. The number of morpholine rings is 1. The highest BCUT2D eigenvalue weighted by Crippen LogP contribution is 2.33. The molecule has 0 N–H and O–H groups in total. The maximum atomic E-state index is 6.03. The molecule has 0 spiro atoms. The van der Waals surface area contributed by atoms with Crippen molar-refractivity contribution in [2.45, 2.75) is 30.9 Å². The van der Waals surface area contributed by atoms with Gasteiger partial charge in [-0.2, -0.15) is 0 Å². The van der Waals surface area contributed by atoms with Crippen molar-refractivity contribution in [2.24, 2.45) is 0 Å². The summed E-state index contributed by atoms with van der Waals surface area (Å²) >= 11 is 6.03. The predicted octanol–water partition coefficient (Wildman–Crippen LogP) is 3.34. The van der Waals surface area contributed by atoms with Crippen LogP contribution in [0.2, 0.25) is 0 Å². The van der Waals surface area contributed by atoms with Gasteiger partial charge in [-0.25, -0.2) is 4.98 Å². The highest BCUT2D eigenvalue weighted by Gasteiger charge is 2.34. The van der Waals surface area contributed by atoms with Crippen LogP contribution in [0.15, 0.2) is 30.5 Å². The van der Waals surface area contributed by atoms with E-state index >= 15 is 0 Å². The third-order valence-electron chi connectivity index (χ3n) is 4.34. The molecule has 2 unspecified atom stereocenters. The Kier molecular flexibility index (Phi) is 3.04. The van der Waals surface area contributed by atoms with E-state index in [1.165, 1.54) is 23.6 Å². The lowest BCUT2D eigenvalue weighted by atomic mass is 10.1. The molecule has 2 bridgehead atoms. The Labute approximate surface area is 123 Å². The van der Waals surface area contributed by atoms with Gasteiger partial charge in [-0.05, 0) is 23.8 Å².